The van der Waals surface area contributed by atoms with E-state index in [1.165, 1.54) is 0 Å². The van der Waals surface area contributed by atoms with Crippen molar-refractivity contribution in [3.8, 4) is 6.07 Å². The molecule has 1 N–H and O–H groups in total. The molecule has 0 aliphatic rings. The highest BCUT2D eigenvalue weighted by atomic mass is 15.5. The van der Waals surface area contributed by atoms with E-state index in [0.29, 0.717) is 6.42 Å². The van der Waals surface area contributed by atoms with Crippen LogP contribution in [-0.2, 0) is 0 Å². The van der Waals surface area contributed by atoms with Gasteiger partial charge in [-0.15, -0.1) is 0 Å². The van der Waals surface area contributed by atoms with Gasteiger partial charge in [-0.1, -0.05) is 13.8 Å². The minimum atomic E-state index is 0.208. The minimum absolute atomic E-state index is 0.208. The molecule has 0 atom stereocenters. The number of hydrazine groups is 1. The highest BCUT2D eigenvalue weighted by molar-refractivity contribution is 4.78. The first-order valence-electron chi connectivity index (χ1n) is 4.26. The molecule has 0 bridgehead atoms. The Morgan fingerprint density at radius 1 is 1.42 bits per heavy atom. The second-order valence-electron chi connectivity index (χ2n) is 4.05. The van der Waals surface area contributed by atoms with Gasteiger partial charge in [0.05, 0.1) is 6.07 Å². The number of nitrogens with one attached hydrogen (secondary N) is 1. The van der Waals surface area contributed by atoms with E-state index in [4.69, 9.17) is 5.26 Å². The van der Waals surface area contributed by atoms with Crippen molar-refractivity contribution in [3.05, 3.63) is 0 Å². The largest absolute Gasteiger partial charge is 0.255 e. The van der Waals surface area contributed by atoms with Crippen LogP contribution in [0, 0.1) is 16.7 Å². The molecule has 0 radical (unpaired) electrons. The second kappa shape index (κ2) is 5.13. The van der Waals surface area contributed by atoms with Crippen LogP contribution in [0.5, 0.6) is 0 Å². The lowest BCUT2D eigenvalue weighted by Gasteiger charge is -2.26. The zero-order valence-electron chi connectivity index (χ0n) is 8.52. The predicted octanol–water partition coefficient (Wildman–Crippen LogP) is 1.38. The van der Waals surface area contributed by atoms with Gasteiger partial charge in [0, 0.05) is 27.1 Å². The number of nitrogens with zero attached hydrogens (tertiary/aromatic N) is 2. The van der Waals surface area contributed by atoms with Gasteiger partial charge in [0.25, 0.3) is 0 Å². The summed E-state index contributed by atoms with van der Waals surface area (Å²) in [6, 6.07) is 2.17. The van der Waals surface area contributed by atoms with Crippen molar-refractivity contribution in [1.29, 1.82) is 5.26 Å². The van der Waals surface area contributed by atoms with Gasteiger partial charge in [0.15, 0.2) is 0 Å². The van der Waals surface area contributed by atoms with Gasteiger partial charge in [0.2, 0.25) is 0 Å². The van der Waals surface area contributed by atoms with Crippen LogP contribution in [-0.4, -0.2) is 25.6 Å². The molecule has 0 amide bonds. The molecule has 0 rings (SSSR count). The minimum Gasteiger partial charge on any atom is -0.255 e. The Labute approximate surface area is 75.3 Å². The van der Waals surface area contributed by atoms with Crippen LogP contribution < -0.4 is 5.43 Å². The second-order valence-corrected chi connectivity index (χ2v) is 4.05. The third-order valence-corrected chi connectivity index (χ3v) is 1.79. The summed E-state index contributed by atoms with van der Waals surface area (Å²) >= 11 is 0. The molecule has 0 aromatic heterocycles. The van der Waals surface area contributed by atoms with Gasteiger partial charge >= 0.3 is 0 Å². The van der Waals surface area contributed by atoms with Crippen molar-refractivity contribution in [2.24, 2.45) is 5.41 Å². The Bertz CT molecular complexity index is 156. The summed E-state index contributed by atoms with van der Waals surface area (Å²) in [6.07, 6.45) is 1.59. The summed E-state index contributed by atoms with van der Waals surface area (Å²) in [4.78, 5) is 0. The van der Waals surface area contributed by atoms with Crippen LogP contribution in [0.4, 0.5) is 0 Å². The summed E-state index contributed by atoms with van der Waals surface area (Å²) in [7, 11) is 3.95. The number of hydrogen-bond acceptors (Lipinski definition) is 3. The summed E-state index contributed by atoms with van der Waals surface area (Å²) < 4.78 is 0. The average molecular weight is 169 g/mol. The third kappa shape index (κ3) is 6.14. The molecule has 0 spiro atoms. The molecule has 0 saturated carbocycles. The zero-order chi connectivity index (χ0) is 9.61. The lowest BCUT2D eigenvalue weighted by atomic mass is 9.88. The van der Waals surface area contributed by atoms with Crippen molar-refractivity contribution < 1.29 is 0 Å². The van der Waals surface area contributed by atoms with E-state index in [1.807, 2.05) is 19.1 Å². The first kappa shape index (κ1) is 11.4. The fourth-order valence-electron chi connectivity index (χ4n) is 0.855. The van der Waals surface area contributed by atoms with Crippen molar-refractivity contribution >= 4 is 0 Å². The van der Waals surface area contributed by atoms with Gasteiger partial charge in [-0.3, -0.25) is 10.4 Å². The Hall–Kier alpha value is -0.590. The van der Waals surface area contributed by atoms with Gasteiger partial charge in [-0.25, -0.2) is 0 Å². The molecule has 0 fully saturated rings. The average Bonchev–Trinajstić information content (AvgIpc) is 1.98. The first-order valence-corrected chi connectivity index (χ1v) is 4.26. The maximum atomic E-state index is 8.43. The Kier molecular flexibility index (Phi) is 4.87. The van der Waals surface area contributed by atoms with Gasteiger partial charge in [0.1, 0.15) is 0 Å². The topological polar surface area (TPSA) is 39.1 Å². The first-order chi connectivity index (χ1) is 5.48. The van der Waals surface area contributed by atoms with Crippen LogP contribution in [0.2, 0.25) is 0 Å². The lowest BCUT2D eigenvalue weighted by molar-refractivity contribution is 0.210. The van der Waals surface area contributed by atoms with E-state index in [1.54, 1.807) is 0 Å². The number of rotatable bonds is 5. The van der Waals surface area contributed by atoms with E-state index >= 15 is 0 Å². The van der Waals surface area contributed by atoms with Crippen LogP contribution in [0.3, 0.4) is 0 Å². The Morgan fingerprint density at radius 3 is 2.42 bits per heavy atom. The fraction of sp³-hybridized carbons (Fsp3) is 0.889. The quantitative estimate of drug-likeness (QED) is 0.632. The Balaban J connectivity index is 3.65. The SMILES string of the molecule is CN(C)NCC(C)(C)CCC#N. The van der Waals surface area contributed by atoms with Crippen molar-refractivity contribution in [3.63, 3.8) is 0 Å². The van der Waals surface area contributed by atoms with Crippen molar-refractivity contribution in [1.82, 2.24) is 10.4 Å². The highest BCUT2D eigenvalue weighted by Gasteiger charge is 2.16. The molecule has 0 unspecified atom stereocenters. The van der Waals surface area contributed by atoms with Crippen LogP contribution in [0.25, 0.3) is 0 Å². The van der Waals surface area contributed by atoms with E-state index in [2.05, 4.69) is 25.3 Å². The highest BCUT2D eigenvalue weighted by Crippen LogP contribution is 2.20. The molecule has 0 saturated heterocycles. The predicted molar refractivity (Wildman–Crippen MR) is 50.3 cm³/mol. The molecule has 0 aliphatic carbocycles. The van der Waals surface area contributed by atoms with E-state index in [9.17, 15) is 0 Å². The van der Waals surface area contributed by atoms with E-state index in [-0.39, 0.29) is 5.41 Å². The van der Waals surface area contributed by atoms with Crippen molar-refractivity contribution in [2.75, 3.05) is 20.6 Å². The zero-order valence-corrected chi connectivity index (χ0v) is 8.52. The summed E-state index contributed by atoms with van der Waals surface area (Å²) in [5.74, 6) is 0. The Morgan fingerprint density at radius 2 is 2.00 bits per heavy atom. The third-order valence-electron chi connectivity index (χ3n) is 1.79. The van der Waals surface area contributed by atoms with Crippen LogP contribution >= 0.6 is 0 Å². The number of hydrogen-bond donors (Lipinski definition) is 1. The van der Waals surface area contributed by atoms with E-state index < -0.39 is 0 Å². The molecule has 0 aromatic rings. The molecule has 0 heterocycles. The summed E-state index contributed by atoms with van der Waals surface area (Å²) in [6.45, 7) is 5.25. The smallest absolute Gasteiger partial charge is 0.0621 e. The van der Waals surface area contributed by atoms with Crippen molar-refractivity contribution in [2.45, 2.75) is 26.7 Å². The molecular formula is C9H19N3. The molecule has 12 heavy (non-hydrogen) atoms. The summed E-state index contributed by atoms with van der Waals surface area (Å²) in [5, 5.41) is 10.4. The van der Waals surface area contributed by atoms with E-state index in [0.717, 1.165) is 13.0 Å². The standard InChI is InChI=1S/C9H19N3/c1-9(2,6-5-7-10)8-11-12(3)4/h11H,5-6,8H2,1-4H3. The molecule has 3 nitrogen and oxygen atoms in total. The van der Waals surface area contributed by atoms with Gasteiger partial charge in [-0.2, -0.15) is 5.26 Å². The van der Waals surface area contributed by atoms with Crippen LogP contribution in [0.15, 0.2) is 0 Å². The van der Waals surface area contributed by atoms with Crippen LogP contribution in [0.1, 0.15) is 26.7 Å². The normalized spacial score (nSPS) is 11.7. The molecular weight excluding hydrogens is 150 g/mol. The summed E-state index contributed by atoms with van der Waals surface area (Å²) in [5.41, 5.74) is 3.43. The molecule has 3 heteroatoms. The van der Waals surface area contributed by atoms with Gasteiger partial charge in [-0.05, 0) is 11.8 Å². The fourth-order valence-corrected chi connectivity index (χ4v) is 0.855. The molecule has 0 aliphatic heterocycles. The maximum Gasteiger partial charge on any atom is 0.0621 e. The monoisotopic (exact) mass is 169 g/mol. The number of nitriles is 1. The van der Waals surface area contributed by atoms with Gasteiger partial charge < -0.3 is 0 Å². The molecule has 0 aromatic carbocycles. The molecule has 70 valence electrons. The lowest BCUT2D eigenvalue weighted by Crippen LogP contribution is -2.38. The maximum absolute atomic E-state index is 8.43.